The largest absolute Gasteiger partial charge is 0.369 e. The Labute approximate surface area is 138 Å². The second-order valence-corrected chi connectivity index (χ2v) is 7.49. The van der Waals surface area contributed by atoms with Gasteiger partial charge in [0.05, 0.1) is 4.90 Å². The highest BCUT2D eigenvalue weighted by Gasteiger charge is 2.13. The molecule has 0 radical (unpaired) electrons. The number of hydrogen-bond acceptors (Lipinski definition) is 4. The molecule has 1 rings (SSSR count). The molecule has 1 atom stereocenters. The van der Waals surface area contributed by atoms with Crippen LogP contribution in [0.2, 0.25) is 0 Å². The second kappa shape index (κ2) is 9.00. The molecule has 0 aliphatic carbocycles. The molecule has 0 aliphatic rings. The van der Waals surface area contributed by atoms with Crippen molar-refractivity contribution in [2.75, 3.05) is 13.2 Å². The van der Waals surface area contributed by atoms with Crippen LogP contribution in [-0.2, 0) is 26.0 Å². The summed E-state index contributed by atoms with van der Waals surface area (Å²) in [5.74, 6) is 0.403. The smallest absolute Gasteiger partial charge is 0.248 e. The maximum Gasteiger partial charge on any atom is 0.248 e. The van der Waals surface area contributed by atoms with Gasteiger partial charge in [-0.25, -0.2) is 13.6 Å². The first-order valence-electron chi connectivity index (χ1n) is 7.71. The molecule has 23 heavy (non-hydrogen) atoms. The molecule has 0 aliphatic heterocycles. The first kappa shape index (κ1) is 19.6. The number of rotatable bonds is 9. The molecule has 0 saturated carbocycles. The van der Waals surface area contributed by atoms with Gasteiger partial charge >= 0.3 is 0 Å². The fourth-order valence-electron chi connectivity index (χ4n) is 1.88. The van der Waals surface area contributed by atoms with Crippen molar-refractivity contribution in [2.45, 2.75) is 44.6 Å². The van der Waals surface area contributed by atoms with E-state index in [4.69, 9.17) is 9.88 Å². The Morgan fingerprint density at radius 3 is 2.35 bits per heavy atom. The number of primary sulfonamides is 1. The quantitative estimate of drug-likeness (QED) is 0.709. The maximum atomic E-state index is 11.9. The number of amides is 1. The fourth-order valence-corrected chi connectivity index (χ4v) is 2.39. The average molecular weight is 342 g/mol. The van der Waals surface area contributed by atoms with Crippen LogP contribution < -0.4 is 10.5 Å². The molecule has 0 spiro atoms. The topological polar surface area (TPSA) is 98.5 Å². The molecular formula is C16H26N2O4S. The van der Waals surface area contributed by atoms with E-state index in [0.717, 1.165) is 12.0 Å². The van der Waals surface area contributed by atoms with Crippen LogP contribution in [0.1, 0.15) is 32.8 Å². The van der Waals surface area contributed by atoms with Crippen LogP contribution >= 0.6 is 0 Å². The van der Waals surface area contributed by atoms with E-state index in [-0.39, 0.29) is 10.8 Å². The van der Waals surface area contributed by atoms with Gasteiger partial charge in [-0.15, -0.1) is 0 Å². The second-order valence-electron chi connectivity index (χ2n) is 5.93. The predicted molar refractivity (Wildman–Crippen MR) is 89.4 cm³/mol. The molecule has 1 amide bonds. The van der Waals surface area contributed by atoms with Gasteiger partial charge in [0.15, 0.2) is 0 Å². The number of carbonyl (C=O) groups is 1. The van der Waals surface area contributed by atoms with Crippen molar-refractivity contribution >= 4 is 15.9 Å². The molecule has 0 aromatic heterocycles. The maximum absolute atomic E-state index is 11.9. The highest BCUT2D eigenvalue weighted by Crippen LogP contribution is 2.09. The van der Waals surface area contributed by atoms with Gasteiger partial charge in [-0.1, -0.05) is 26.0 Å². The number of benzene rings is 1. The minimum atomic E-state index is -3.67. The van der Waals surface area contributed by atoms with Gasteiger partial charge < -0.3 is 10.1 Å². The summed E-state index contributed by atoms with van der Waals surface area (Å²) < 4.78 is 27.8. The molecule has 0 fully saturated rings. The molecule has 3 N–H and O–H groups in total. The van der Waals surface area contributed by atoms with E-state index in [2.05, 4.69) is 19.2 Å². The van der Waals surface area contributed by atoms with Crippen molar-refractivity contribution in [3.8, 4) is 0 Å². The summed E-state index contributed by atoms with van der Waals surface area (Å²) in [5, 5.41) is 7.85. The number of ether oxygens (including phenoxy) is 1. The molecular weight excluding hydrogens is 316 g/mol. The van der Waals surface area contributed by atoms with Gasteiger partial charge in [0.25, 0.3) is 0 Å². The summed E-state index contributed by atoms with van der Waals surface area (Å²) in [6.07, 6.45) is 1.06. The average Bonchev–Trinajstić information content (AvgIpc) is 2.46. The minimum absolute atomic E-state index is 0.0810. The third-order valence-electron chi connectivity index (χ3n) is 3.40. The molecule has 1 aromatic carbocycles. The molecule has 130 valence electrons. The van der Waals surface area contributed by atoms with Crippen molar-refractivity contribution in [3.05, 3.63) is 29.8 Å². The van der Waals surface area contributed by atoms with Crippen LogP contribution in [0.3, 0.4) is 0 Å². The van der Waals surface area contributed by atoms with Gasteiger partial charge in [-0.2, -0.15) is 0 Å². The zero-order chi connectivity index (χ0) is 17.5. The van der Waals surface area contributed by atoms with Crippen molar-refractivity contribution in [3.63, 3.8) is 0 Å². The highest BCUT2D eigenvalue weighted by molar-refractivity contribution is 7.89. The number of hydrogen-bond donors (Lipinski definition) is 2. The Balaban J connectivity index is 2.34. The SMILES string of the molecule is CC(C)CCO[C@H](C)C(=O)NCCc1ccc(S(N)(=O)=O)cc1. The van der Waals surface area contributed by atoms with Crippen molar-refractivity contribution in [1.29, 1.82) is 0 Å². The summed E-state index contributed by atoms with van der Waals surface area (Å²) in [5.41, 5.74) is 0.922. The number of carbonyl (C=O) groups excluding carboxylic acids is 1. The summed E-state index contributed by atoms with van der Waals surface area (Å²) in [6, 6.07) is 6.30. The third kappa shape index (κ3) is 7.58. The van der Waals surface area contributed by atoms with Crippen LogP contribution in [0.5, 0.6) is 0 Å². The van der Waals surface area contributed by atoms with E-state index < -0.39 is 16.1 Å². The van der Waals surface area contributed by atoms with E-state index in [9.17, 15) is 13.2 Å². The highest BCUT2D eigenvalue weighted by atomic mass is 32.2. The van der Waals surface area contributed by atoms with Gasteiger partial charge in [0.1, 0.15) is 6.10 Å². The van der Waals surface area contributed by atoms with Crippen molar-refractivity contribution in [2.24, 2.45) is 11.1 Å². The van der Waals surface area contributed by atoms with Gasteiger partial charge in [0, 0.05) is 13.2 Å². The number of nitrogens with two attached hydrogens (primary N) is 1. The Morgan fingerprint density at radius 1 is 1.22 bits per heavy atom. The lowest BCUT2D eigenvalue weighted by Gasteiger charge is -2.14. The van der Waals surface area contributed by atoms with Crippen LogP contribution in [0.15, 0.2) is 29.2 Å². The van der Waals surface area contributed by atoms with Crippen molar-refractivity contribution < 1.29 is 17.9 Å². The van der Waals surface area contributed by atoms with E-state index in [1.165, 1.54) is 12.1 Å². The standard InChI is InChI=1S/C16H26N2O4S/c1-12(2)9-11-22-13(3)16(19)18-10-8-14-4-6-15(7-5-14)23(17,20)21/h4-7,12-13H,8-11H2,1-3H3,(H,18,19)(H2,17,20,21)/t13-/m1/s1. The lowest BCUT2D eigenvalue weighted by atomic mass is 10.1. The zero-order valence-electron chi connectivity index (χ0n) is 13.9. The summed E-state index contributed by atoms with van der Waals surface area (Å²) in [6.45, 7) is 6.98. The Hall–Kier alpha value is -1.44. The first-order valence-corrected chi connectivity index (χ1v) is 9.26. The van der Waals surface area contributed by atoms with Gasteiger partial charge in [-0.3, -0.25) is 4.79 Å². The lowest BCUT2D eigenvalue weighted by Crippen LogP contribution is -2.36. The number of nitrogens with one attached hydrogen (secondary N) is 1. The van der Waals surface area contributed by atoms with E-state index in [0.29, 0.717) is 25.5 Å². The van der Waals surface area contributed by atoms with Crippen LogP contribution in [0, 0.1) is 5.92 Å². The Morgan fingerprint density at radius 2 is 1.83 bits per heavy atom. The number of sulfonamides is 1. The third-order valence-corrected chi connectivity index (χ3v) is 4.33. The molecule has 0 heterocycles. The van der Waals surface area contributed by atoms with Crippen LogP contribution in [0.25, 0.3) is 0 Å². The van der Waals surface area contributed by atoms with Gasteiger partial charge in [0.2, 0.25) is 15.9 Å². The van der Waals surface area contributed by atoms with Crippen LogP contribution in [0.4, 0.5) is 0 Å². The monoisotopic (exact) mass is 342 g/mol. The summed E-state index contributed by atoms with van der Waals surface area (Å²) in [7, 11) is -3.67. The zero-order valence-corrected chi connectivity index (χ0v) is 14.7. The minimum Gasteiger partial charge on any atom is -0.369 e. The molecule has 0 saturated heterocycles. The van der Waals surface area contributed by atoms with E-state index in [1.807, 2.05) is 0 Å². The fraction of sp³-hybridized carbons (Fsp3) is 0.562. The van der Waals surface area contributed by atoms with Crippen LogP contribution in [-0.4, -0.2) is 33.6 Å². The van der Waals surface area contributed by atoms with Gasteiger partial charge in [-0.05, 0) is 43.4 Å². The molecule has 6 nitrogen and oxygen atoms in total. The van der Waals surface area contributed by atoms with E-state index >= 15 is 0 Å². The van der Waals surface area contributed by atoms with Crippen molar-refractivity contribution in [1.82, 2.24) is 5.32 Å². The summed E-state index contributed by atoms with van der Waals surface area (Å²) in [4.78, 5) is 11.9. The Bertz CT molecular complexity index is 597. The lowest BCUT2D eigenvalue weighted by molar-refractivity contribution is -0.131. The molecule has 7 heteroatoms. The molecule has 1 aromatic rings. The normalized spacial score (nSPS) is 13.1. The van der Waals surface area contributed by atoms with E-state index in [1.54, 1.807) is 19.1 Å². The molecule has 0 unspecified atom stereocenters. The predicted octanol–water partition coefficient (Wildman–Crippen LogP) is 1.44. The first-order chi connectivity index (χ1) is 10.7. The molecule has 0 bridgehead atoms. The summed E-state index contributed by atoms with van der Waals surface area (Å²) >= 11 is 0. The Kier molecular flexibility index (Phi) is 7.67.